The molecule has 5 nitrogen and oxygen atoms in total. The van der Waals surface area contributed by atoms with Gasteiger partial charge in [-0.05, 0) is 32.2 Å². The molecule has 0 aliphatic carbocycles. The van der Waals surface area contributed by atoms with Crippen LogP contribution in [0.3, 0.4) is 0 Å². The van der Waals surface area contributed by atoms with Gasteiger partial charge in [-0.15, -0.1) is 0 Å². The van der Waals surface area contributed by atoms with Crippen LogP contribution in [0.2, 0.25) is 0 Å². The van der Waals surface area contributed by atoms with E-state index < -0.39 is 5.41 Å². The lowest BCUT2D eigenvalue weighted by Crippen LogP contribution is -2.55. The quantitative estimate of drug-likeness (QED) is 0.730. The Kier molecular flexibility index (Phi) is 3.80. The summed E-state index contributed by atoms with van der Waals surface area (Å²) in [4.78, 5) is 28.5. The molecule has 18 heavy (non-hydrogen) atoms. The molecule has 0 aromatic heterocycles. The minimum absolute atomic E-state index is 0.165. The van der Waals surface area contributed by atoms with Gasteiger partial charge in [0.05, 0.1) is 0 Å². The summed E-state index contributed by atoms with van der Waals surface area (Å²) >= 11 is 0. The molecule has 0 aromatic carbocycles. The topological polar surface area (TPSA) is 70.6 Å². The zero-order chi connectivity index (χ0) is 13.2. The molecule has 2 aliphatic rings. The molecule has 5 heteroatoms. The van der Waals surface area contributed by atoms with Gasteiger partial charge in [0.15, 0.2) is 0 Å². The summed E-state index contributed by atoms with van der Waals surface area (Å²) in [5.41, 5.74) is -0.939. The van der Waals surface area contributed by atoms with Crippen LogP contribution < -0.4 is 10.6 Å². The second kappa shape index (κ2) is 5.18. The number of piperidine rings is 1. The molecule has 1 atom stereocenters. The van der Waals surface area contributed by atoms with Gasteiger partial charge in [-0.1, -0.05) is 13.8 Å². The van der Waals surface area contributed by atoms with Crippen LogP contribution in [0.5, 0.6) is 0 Å². The van der Waals surface area contributed by atoms with Crippen molar-refractivity contribution in [2.75, 3.05) is 13.1 Å². The minimum atomic E-state index is -0.939. The van der Waals surface area contributed by atoms with Gasteiger partial charge in [0.1, 0.15) is 11.3 Å². The first kappa shape index (κ1) is 13.2. The van der Waals surface area contributed by atoms with E-state index in [2.05, 4.69) is 15.6 Å². The number of carbonyl (C=O) groups excluding carboxylic acids is 2. The summed E-state index contributed by atoms with van der Waals surface area (Å²) in [6.07, 6.45) is 3.05. The zero-order valence-electron chi connectivity index (χ0n) is 11.1. The van der Waals surface area contributed by atoms with E-state index in [0.717, 1.165) is 25.9 Å². The molecule has 0 radical (unpaired) electrons. The molecule has 1 fully saturated rings. The molecule has 0 aromatic rings. The van der Waals surface area contributed by atoms with Crippen molar-refractivity contribution in [3.8, 4) is 0 Å². The van der Waals surface area contributed by atoms with Gasteiger partial charge in [-0.2, -0.15) is 4.99 Å². The molecule has 1 unspecified atom stereocenters. The number of carbonyl (C=O) groups is 2. The molecular formula is C13H21N3O2. The molecule has 2 heterocycles. The number of amidine groups is 1. The standard InChI is InChI=1S/C13H21N3O2/c1-3-13(4-2)11(17)15-10(16-12(13)18)9-6-5-7-14-8-9/h9,14H,3-8H2,1-2H3,(H,15,16,17,18). The first-order chi connectivity index (χ1) is 8.64. The summed E-state index contributed by atoms with van der Waals surface area (Å²) in [5, 5.41) is 6.13. The maximum atomic E-state index is 12.2. The first-order valence-electron chi connectivity index (χ1n) is 6.79. The third-order valence-corrected chi connectivity index (χ3v) is 4.20. The lowest BCUT2D eigenvalue weighted by Gasteiger charge is -2.34. The molecular weight excluding hydrogens is 230 g/mol. The van der Waals surface area contributed by atoms with Gasteiger partial charge in [0.2, 0.25) is 5.91 Å². The summed E-state index contributed by atoms with van der Waals surface area (Å²) in [6.45, 7) is 5.52. The van der Waals surface area contributed by atoms with Crippen molar-refractivity contribution in [1.29, 1.82) is 0 Å². The average molecular weight is 251 g/mol. The highest BCUT2D eigenvalue weighted by molar-refractivity contribution is 6.19. The fourth-order valence-corrected chi connectivity index (χ4v) is 2.73. The third-order valence-electron chi connectivity index (χ3n) is 4.20. The predicted molar refractivity (Wildman–Crippen MR) is 69.2 cm³/mol. The first-order valence-corrected chi connectivity index (χ1v) is 6.79. The van der Waals surface area contributed by atoms with Crippen molar-refractivity contribution in [3.05, 3.63) is 0 Å². The summed E-state index contributed by atoms with van der Waals surface area (Å²) < 4.78 is 0. The molecule has 2 N–H and O–H groups in total. The fraction of sp³-hybridized carbons (Fsp3) is 0.769. The molecule has 2 aliphatic heterocycles. The maximum Gasteiger partial charge on any atom is 0.263 e. The van der Waals surface area contributed by atoms with E-state index in [1.807, 2.05) is 13.8 Å². The lowest BCUT2D eigenvalue weighted by atomic mass is 9.79. The van der Waals surface area contributed by atoms with Crippen LogP contribution in [0.1, 0.15) is 39.5 Å². The van der Waals surface area contributed by atoms with Crippen LogP contribution in [-0.2, 0) is 9.59 Å². The summed E-state index contributed by atoms with van der Waals surface area (Å²) in [5.74, 6) is 0.290. The van der Waals surface area contributed by atoms with Gasteiger partial charge in [0.25, 0.3) is 5.91 Å². The highest BCUT2D eigenvalue weighted by Gasteiger charge is 2.46. The number of rotatable bonds is 3. The van der Waals surface area contributed by atoms with Crippen molar-refractivity contribution < 1.29 is 9.59 Å². The Morgan fingerprint density at radius 2 is 2.06 bits per heavy atom. The van der Waals surface area contributed by atoms with E-state index in [1.54, 1.807) is 0 Å². The van der Waals surface area contributed by atoms with Crippen LogP contribution in [0.4, 0.5) is 0 Å². The highest BCUT2D eigenvalue weighted by Crippen LogP contribution is 2.31. The van der Waals surface area contributed by atoms with Crippen molar-refractivity contribution in [2.45, 2.75) is 39.5 Å². The molecule has 0 bridgehead atoms. The number of amides is 2. The van der Waals surface area contributed by atoms with Crippen molar-refractivity contribution in [3.63, 3.8) is 0 Å². The molecule has 1 saturated heterocycles. The lowest BCUT2D eigenvalue weighted by molar-refractivity contribution is -0.142. The highest BCUT2D eigenvalue weighted by atomic mass is 16.2. The SMILES string of the molecule is CCC1(CC)C(=O)N=C(C2CCCNC2)NC1=O. The van der Waals surface area contributed by atoms with Gasteiger partial charge in [-0.3, -0.25) is 9.59 Å². The smallest absolute Gasteiger partial charge is 0.263 e. The zero-order valence-corrected chi connectivity index (χ0v) is 11.1. The third kappa shape index (κ3) is 2.07. The van der Waals surface area contributed by atoms with E-state index in [0.29, 0.717) is 18.7 Å². The number of aliphatic imine (C=N–C) groups is 1. The van der Waals surface area contributed by atoms with E-state index >= 15 is 0 Å². The Labute approximate surface area is 107 Å². The monoisotopic (exact) mass is 251 g/mol. The second-order valence-corrected chi connectivity index (χ2v) is 5.09. The maximum absolute atomic E-state index is 12.2. The van der Waals surface area contributed by atoms with Gasteiger partial charge in [0, 0.05) is 12.5 Å². The normalized spacial score (nSPS) is 27.7. The van der Waals surface area contributed by atoms with Crippen molar-refractivity contribution in [2.24, 2.45) is 16.3 Å². The van der Waals surface area contributed by atoms with E-state index in [4.69, 9.17) is 0 Å². The van der Waals surface area contributed by atoms with Crippen molar-refractivity contribution >= 4 is 17.6 Å². The minimum Gasteiger partial charge on any atom is -0.316 e. The fourth-order valence-electron chi connectivity index (χ4n) is 2.73. The van der Waals surface area contributed by atoms with Gasteiger partial charge >= 0.3 is 0 Å². The number of nitrogens with zero attached hydrogens (tertiary/aromatic N) is 1. The molecule has 0 saturated carbocycles. The van der Waals surface area contributed by atoms with Crippen LogP contribution >= 0.6 is 0 Å². The molecule has 100 valence electrons. The Morgan fingerprint density at radius 1 is 1.33 bits per heavy atom. The van der Waals surface area contributed by atoms with E-state index in [9.17, 15) is 9.59 Å². The van der Waals surface area contributed by atoms with Crippen LogP contribution in [0.25, 0.3) is 0 Å². The van der Waals surface area contributed by atoms with Crippen molar-refractivity contribution in [1.82, 2.24) is 10.6 Å². The Morgan fingerprint density at radius 3 is 2.56 bits per heavy atom. The second-order valence-electron chi connectivity index (χ2n) is 5.09. The predicted octanol–water partition coefficient (Wildman–Crippen LogP) is 0.847. The van der Waals surface area contributed by atoms with Gasteiger partial charge in [-0.25, -0.2) is 0 Å². The van der Waals surface area contributed by atoms with Gasteiger partial charge < -0.3 is 10.6 Å². The summed E-state index contributed by atoms with van der Waals surface area (Å²) in [7, 11) is 0. The summed E-state index contributed by atoms with van der Waals surface area (Å²) in [6, 6.07) is 0. The van der Waals surface area contributed by atoms with Crippen LogP contribution in [0.15, 0.2) is 4.99 Å². The van der Waals surface area contributed by atoms with E-state index in [-0.39, 0.29) is 17.7 Å². The van der Waals surface area contributed by atoms with Crippen LogP contribution in [0, 0.1) is 11.3 Å². The number of hydrogen-bond donors (Lipinski definition) is 2. The average Bonchev–Trinajstić information content (AvgIpc) is 2.40. The molecule has 2 amide bonds. The number of hydrogen-bond acceptors (Lipinski definition) is 3. The Balaban J connectivity index is 2.22. The largest absolute Gasteiger partial charge is 0.316 e. The number of nitrogens with one attached hydrogen (secondary N) is 2. The van der Waals surface area contributed by atoms with E-state index in [1.165, 1.54) is 0 Å². The van der Waals surface area contributed by atoms with Crippen LogP contribution in [-0.4, -0.2) is 30.7 Å². The molecule has 2 rings (SSSR count). The Bertz CT molecular complexity index is 380. The Hall–Kier alpha value is -1.23. The molecule has 0 spiro atoms.